The second-order valence-electron chi connectivity index (χ2n) is 15.2. The van der Waals surface area contributed by atoms with Crippen molar-refractivity contribution in [3.63, 3.8) is 0 Å². The van der Waals surface area contributed by atoms with Crippen LogP contribution in [0.3, 0.4) is 0 Å². The summed E-state index contributed by atoms with van der Waals surface area (Å²) < 4.78 is 0. The molecule has 230 valence electrons. The molecule has 0 radical (unpaired) electrons. The molecule has 6 aliphatic rings. The number of anilines is 8. The summed E-state index contributed by atoms with van der Waals surface area (Å²) in [4.78, 5) is 8.09. The van der Waals surface area contributed by atoms with E-state index in [4.69, 9.17) is 0 Å². The third kappa shape index (κ3) is 3.11. The fraction of sp³-hybridized carbons (Fsp3) is 0.302. The Morgan fingerprint density at radius 1 is 0.532 bits per heavy atom. The molecule has 2 fully saturated rings. The molecular formula is C43H40BN3. The van der Waals surface area contributed by atoms with Gasteiger partial charge in [-0.15, -0.1) is 0 Å². The van der Waals surface area contributed by atoms with Crippen LogP contribution in [0.15, 0.2) is 109 Å². The van der Waals surface area contributed by atoms with Gasteiger partial charge in [-0.3, -0.25) is 0 Å². The summed E-state index contributed by atoms with van der Waals surface area (Å²) in [5.74, 6) is 0.745. The third-order valence-electron chi connectivity index (χ3n) is 13.4. The number of para-hydroxylation sites is 2. The summed E-state index contributed by atoms with van der Waals surface area (Å²) in [7, 11) is 0. The van der Waals surface area contributed by atoms with Crippen LogP contribution < -0.4 is 31.1 Å². The van der Waals surface area contributed by atoms with Gasteiger partial charge in [-0.05, 0) is 115 Å². The van der Waals surface area contributed by atoms with Gasteiger partial charge in [0.15, 0.2) is 0 Å². The second kappa shape index (κ2) is 9.34. The molecule has 3 nitrogen and oxygen atoms in total. The lowest BCUT2D eigenvalue weighted by Crippen LogP contribution is -2.67. The van der Waals surface area contributed by atoms with Crippen molar-refractivity contribution >= 4 is 68.6 Å². The zero-order valence-electron chi connectivity index (χ0n) is 27.3. The Labute approximate surface area is 278 Å². The van der Waals surface area contributed by atoms with E-state index < -0.39 is 0 Å². The second-order valence-corrected chi connectivity index (χ2v) is 15.2. The molecule has 47 heavy (non-hydrogen) atoms. The molecule has 0 spiro atoms. The van der Waals surface area contributed by atoms with Crippen molar-refractivity contribution in [1.29, 1.82) is 0 Å². The summed E-state index contributed by atoms with van der Waals surface area (Å²) in [6.07, 6.45) is 12.2. The fourth-order valence-corrected chi connectivity index (χ4v) is 11.7. The molecule has 2 atom stereocenters. The summed E-state index contributed by atoms with van der Waals surface area (Å²) in [5, 5.41) is 0. The van der Waals surface area contributed by atoms with Gasteiger partial charge in [0.25, 0.3) is 6.71 Å². The highest BCUT2D eigenvalue weighted by Gasteiger charge is 2.66. The molecule has 2 unspecified atom stereocenters. The number of fused-ring (bicyclic) bond motifs is 4. The van der Waals surface area contributed by atoms with Crippen LogP contribution in [0, 0.1) is 5.92 Å². The predicted molar refractivity (Wildman–Crippen MR) is 198 cm³/mol. The molecule has 4 heterocycles. The minimum atomic E-state index is 0.0528. The van der Waals surface area contributed by atoms with Gasteiger partial charge in [0.1, 0.15) is 0 Å². The molecule has 0 saturated heterocycles. The number of hydrogen-bond acceptors (Lipinski definition) is 3. The summed E-state index contributed by atoms with van der Waals surface area (Å²) in [5.41, 5.74) is 17.2. The number of benzene rings is 5. The highest BCUT2D eigenvalue weighted by molar-refractivity contribution is 7.02. The van der Waals surface area contributed by atoms with Gasteiger partial charge in [-0.1, -0.05) is 86.7 Å². The molecule has 0 amide bonds. The lowest BCUT2D eigenvalue weighted by atomic mass is 9.31. The topological polar surface area (TPSA) is 9.72 Å². The molecule has 0 N–H and O–H groups in total. The monoisotopic (exact) mass is 609 g/mol. The lowest BCUT2D eigenvalue weighted by Gasteiger charge is -2.57. The van der Waals surface area contributed by atoms with Crippen molar-refractivity contribution in [3.8, 4) is 0 Å². The minimum absolute atomic E-state index is 0.0528. The number of hydrogen-bond donors (Lipinski definition) is 0. The van der Waals surface area contributed by atoms with Crippen LogP contribution in [0.5, 0.6) is 0 Å². The van der Waals surface area contributed by atoms with Gasteiger partial charge in [0.2, 0.25) is 0 Å². The van der Waals surface area contributed by atoms with E-state index in [1.165, 1.54) is 109 Å². The first kappa shape index (κ1) is 26.6. The van der Waals surface area contributed by atoms with Crippen LogP contribution in [-0.4, -0.2) is 12.3 Å². The van der Waals surface area contributed by atoms with E-state index in [-0.39, 0.29) is 17.7 Å². The number of rotatable bonds is 3. The van der Waals surface area contributed by atoms with E-state index in [0.717, 1.165) is 5.92 Å². The number of nitrogens with zero attached hydrogens (tertiary/aromatic N) is 3. The van der Waals surface area contributed by atoms with Crippen LogP contribution >= 0.6 is 0 Å². The fourth-order valence-electron chi connectivity index (χ4n) is 11.7. The van der Waals surface area contributed by atoms with Crippen molar-refractivity contribution in [2.45, 2.75) is 75.7 Å². The van der Waals surface area contributed by atoms with E-state index in [2.05, 4.69) is 131 Å². The third-order valence-corrected chi connectivity index (χ3v) is 13.4. The smallest absolute Gasteiger partial charge is 0.257 e. The predicted octanol–water partition coefficient (Wildman–Crippen LogP) is 9.39. The Hall–Kier alpha value is -4.44. The van der Waals surface area contributed by atoms with E-state index in [1.807, 2.05) is 0 Å². The Balaban J connectivity index is 1.29. The van der Waals surface area contributed by atoms with Crippen LogP contribution in [0.4, 0.5) is 45.5 Å². The molecular weight excluding hydrogens is 569 g/mol. The van der Waals surface area contributed by atoms with Crippen LogP contribution in [0.25, 0.3) is 0 Å². The standard InChI is InChI=1S/C43H40BN3/c1-42-27-11-12-28-43(42,29-15-5-2-6-16-29)32-25-26-36-40-41(32)47(42)37-24-14-23-35-39(37)44(40)38-33(45(35)30-17-7-3-8-18-30)21-13-22-34(38)46(36)31-19-9-4-10-20-31/h3-4,7-10,13-14,17-26,29H,2,5-6,11-12,15-16,27-28H2,1H3. The SMILES string of the molecule is CC12CCCCC1(C1CCCCC1)c1ccc3c4c1N2c1cccc2c1B4c1c(cccc1N3c1ccccc1)N2c1ccccc1. The average molecular weight is 610 g/mol. The van der Waals surface area contributed by atoms with Crippen molar-refractivity contribution in [3.05, 3.63) is 115 Å². The summed E-state index contributed by atoms with van der Waals surface area (Å²) in [6, 6.07) is 41.6. The van der Waals surface area contributed by atoms with E-state index in [9.17, 15) is 0 Å². The molecule has 5 aromatic carbocycles. The van der Waals surface area contributed by atoms with Gasteiger partial charge in [-0.2, -0.15) is 0 Å². The van der Waals surface area contributed by atoms with Crippen LogP contribution in [-0.2, 0) is 5.41 Å². The molecule has 2 saturated carbocycles. The Bertz CT molecular complexity index is 2070. The molecule has 4 heteroatoms. The van der Waals surface area contributed by atoms with Crippen molar-refractivity contribution < 1.29 is 0 Å². The zero-order chi connectivity index (χ0) is 30.9. The van der Waals surface area contributed by atoms with E-state index in [0.29, 0.717) is 0 Å². The highest BCUT2D eigenvalue weighted by atomic mass is 15.3. The van der Waals surface area contributed by atoms with Crippen molar-refractivity contribution in [1.82, 2.24) is 0 Å². The first-order valence-corrected chi connectivity index (χ1v) is 18.2. The molecule has 5 aromatic rings. The summed E-state index contributed by atoms with van der Waals surface area (Å²) >= 11 is 0. The highest BCUT2D eigenvalue weighted by Crippen LogP contribution is 2.67. The molecule has 0 bridgehead atoms. The Morgan fingerprint density at radius 2 is 1.09 bits per heavy atom. The van der Waals surface area contributed by atoms with Crippen LogP contribution in [0.2, 0.25) is 0 Å². The van der Waals surface area contributed by atoms with Crippen molar-refractivity contribution in [2.24, 2.45) is 5.92 Å². The zero-order valence-corrected chi connectivity index (χ0v) is 27.3. The first-order chi connectivity index (χ1) is 23.2. The molecule has 0 aromatic heterocycles. The maximum atomic E-state index is 2.94. The van der Waals surface area contributed by atoms with Gasteiger partial charge in [0.05, 0.1) is 5.54 Å². The van der Waals surface area contributed by atoms with Gasteiger partial charge in [-0.25, -0.2) is 0 Å². The molecule has 11 rings (SSSR count). The normalized spacial score (nSPS) is 24.7. The Kier molecular flexibility index (Phi) is 5.29. The van der Waals surface area contributed by atoms with Gasteiger partial charge in [0, 0.05) is 50.9 Å². The van der Waals surface area contributed by atoms with E-state index in [1.54, 1.807) is 16.7 Å². The molecule has 4 aliphatic heterocycles. The Morgan fingerprint density at radius 3 is 1.72 bits per heavy atom. The summed E-state index contributed by atoms with van der Waals surface area (Å²) in [6.45, 7) is 2.89. The quantitative estimate of drug-likeness (QED) is 0.185. The molecule has 2 aliphatic carbocycles. The maximum Gasteiger partial charge on any atom is 0.257 e. The lowest BCUT2D eigenvalue weighted by molar-refractivity contribution is 0.0809. The average Bonchev–Trinajstić information content (AvgIpc) is 3.38. The van der Waals surface area contributed by atoms with Gasteiger partial charge < -0.3 is 14.7 Å². The van der Waals surface area contributed by atoms with Crippen molar-refractivity contribution in [2.75, 3.05) is 14.7 Å². The first-order valence-electron chi connectivity index (χ1n) is 18.2. The largest absolute Gasteiger partial charge is 0.335 e. The van der Waals surface area contributed by atoms with E-state index >= 15 is 0 Å². The minimum Gasteiger partial charge on any atom is -0.335 e. The van der Waals surface area contributed by atoms with Crippen LogP contribution in [0.1, 0.15) is 70.3 Å². The van der Waals surface area contributed by atoms with Gasteiger partial charge >= 0.3 is 0 Å². The maximum absolute atomic E-state index is 2.94.